The van der Waals surface area contributed by atoms with Crippen LogP contribution in [0, 0.1) is 24.7 Å². The number of hydrogen-bond donors (Lipinski definition) is 2. The zero-order chi connectivity index (χ0) is 24.0. The fraction of sp³-hybridized carbons (Fsp3) is 0.407. The molecule has 6 rings (SSSR count). The van der Waals surface area contributed by atoms with Gasteiger partial charge in [-0.15, -0.1) is 0 Å². The monoisotopic (exact) mass is 467 g/mol. The third kappa shape index (κ3) is 3.72. The number of carbonyl (C=O) groups is 1. The molecule has 0 saturated carbocycles. The van der Waals surface area contributed by atoms with E-state index >= 15 is 0 Å². The average Bonchev–Trinajstić information content (AvgIpc) is 3.64. The van der Waals surface area contributed by atoms with Crippen LogP contribution in [0.25, 0.3) is 5.57 Å². The number of allylic oxidation sites excluding steroid dienone is 1. The molecule has 0 radical (unpaired) electrons. The Hall–Kier alpha value is -3.86. The average molecular weight is 468 g/mol. The zero-order valence-electron chi connectivity index (χ0n) is 20.1. The van der Waals surface area contributed by atoms with Crippen molar-refractivity contribution in [2.24, 2.45) is 10.9 Å². The van der Waals surface area contributed by atoms with Gasteiger partial charge in [-0.1, -0.05) is 11.8 Å². The Labute approximate surface area is 205 Å². The molecule has 2 unspecified atom stereocenters. The summed E-state index contributed by atoms with van der Waals surface area (Å²) in [5.74, 6) is 7.66. The second-order valence-corrected chi connectivity index (χ2v) is 9.79. The standard InChI is InChI=1S/C27H29N7O/c1-3-29-26(35)33-10-7-27(17-33)8-11-34-24(27)13-23(32-34)21-12-22-20(15-30-25(22)31-16-21)5-4-19-14-28-9-6-18(19)2/h6,9,13-16,22H,3,7-8,10-12,17H2,1-2H3,(H,29,35)(H,30,31). The van der Waals surface area contributed by atoms with E-state index < -0.39 is 0 Å². The lowest BCUT2D eigenvalue weighted by Crippen LogP contribution is -2.40. The molecule has 8 nitrogen and oxygen atoms in total. The van der Waals surface area contributed by atoms with E-state index in [9.17, 15) is 4.79 Å². The molecule has 2 atom stereocenters. The second-order valence-electron chi connectivity index (χ2n) is 9.79. The second kappa shape index (κ2) is 8.42. The molecule has 4 aliphatic rings. The Bertz CT molecular complexity index is 1350. The fourth-order valence-electron chi connectivity index (χ4n) is 5.62. The minimum atomic E-state index is 0.0110. The van der Waals surface area contributed by atoms with E-state index in [2.05, 4.69) is 43.2 Å². The molecule has 2 N–H and O–H groups in total. The fourth-order valence-corrected chi connectivity index (χ4v) is 5.62. The summed E-state index contributed by atoms with van der Waals surface area (Å²) in [6.45, 7) is 7.11. The Balaban J connectivity index is 1.20. The molecule has 178 valence electrons. The summed E-state index contributed by atoms with van der Waals surface area (Å²) in [6, 6.07) is 4.26. The van der Waals surface area contributed by atoms with Crippen molar-refractivity contribution in [2.45, 2.75) is 45.1 Å². The van der Waals surface area contributed by atoms with Crippen LogP contribution in [0.2, 0.25) is 0 Å². The third-order valence-corrected chi connectivity index (χ3v) is 7.67. The lowest BCUT2D eigenvalue weighted by atomic mass is 9.82. The van der Waals surface area contributed by atoms with Crippen molar-refractivity contribution >= 4 is 17.4 Å². The number of urea groups is 1. The Morgan fingerprint density at radius 3 is 3.06 bits per heavy atom. The highest BCUT2D eigenvalue weighted by Crippen LogP contribution is 2.44. The van der Waals surface area contributed by atoms with E-state index in [1.54, 1.807) is 6.20 Å². The topological polar surface area (TPSA) is 87.4 Å². The lowest BCUT2D eigenvalue weighted by Gasteiger charge is -2.24. The van der Waals surface area contributed by atoms with Crippen molar-refractivity contribution in [2.75, 3.05) is 19.6 Å². The van der Waals surface area contributed by atoms with Crippen LogP contribution in [0.5, 0.6) is 0 Å². The number of carbonyl (C=O) groups excluding carboxylic acids is 1. The number of nitrogens with zero attached hydrogens (tertiary/aromatic N) is 5. The van der Waals surface area contributed by atoms with Crippen LogP contribution in [0.15, 0.2) is 47.5 Å². The number of hydrogen-bond acceptors (Lipinski definition) is 5. The number of aliphatic imine (C=N–C) groups is 1. The minimum Gasteiger partial charge on any atom is -0.349 e. The Kier molecular flexibility index (Phi) is 5.21. The van der Waals surface area contributed by atoms with Gasteiger partial charge in [-0.05, 0) is 56.4 Å². The van der Waals surface area contributed by atoms with Crippen molar-refractivity contribution in [1.82, 2.24) is 30.3 Å². The number of nitrogens with one attached hydrogen (secondary N) is 2. The van der Waals surface area contributed by atoms with Gasteiger partial charge in [0.05, 0.1) is 11.6 Å². The van der Waals surface area contributed by atoms with E-state index in [0.717, 1.165) is 72.7 Å². The van der Waals surface area contributed by atoms with Gasteiger partial charge >= 0.3 is 6.03 Å². The van der Waals surface area contributed by atoms with Crippen molar-refractivity contribution in [3.05, 3.63) is 65.0 Å². The molecular weight excluding hydrogens is 438 g/mol. The van der Waals surface area contributed by atoms with E-state index in [-0.39, 0.29) is 17.4 Å². The van der Waals surface area contributed by atoms with Gasteiger partial charge in [-0.3, -0.25) is 9.67 Å². The summed E-state index contributed by atoms with van der Waals surface area (Å²) in [7, 11) is 0. The predicted octanol–water partition coefficient (Wildman–Crippen LogP) is 2.96. The van der Waals surface area contributed by atoms with E-state index in [1.807, 2.05) is 43.4 Å². The zero-order valence-corrected chi connectivity index (χ0v) is 20.1. The van der Waals surface area contributed by atoms with E-state index in [0.29, 0.717) is 6.54 Å². The molecular formula is C27H29N7O. The van der Waals surface area contributed by atoms with Crippen LogP contribution in [0.3, 0.4) is 0 Å². The van der Waals surface area contributed by atoms with Crippen molar-refractivity contribution < 1.29 is 4.79 Å². The lowest BCUT2D eigenvalue weighted by molar-refractivity contribution is 0.206. The smallest absolute Gasteiger partial charge is 0.317 e. The summed E-state index contributed by atoms with van der Waals surface area (Å²) in [4.78, 5) is 23.1. The molecule has 2 amide bonds. The predicted molar refractivity (Wildman–Crippen MR) is 134 cm³/mol. The normalized spacial score (nSPS) is 24.1. The number of amidine groups is 1. The van der Waals surface area contributed by atoms with Crippen molar-refractivity contribution in [1.29, 1.82) is 0 Å². The number of rotatable bonds is 2. The molecule has 1 fully saturated rings. The molecule has 0 aliphatic carbocycles. The van der Waals surface area contributed by atoms with Crippen LogP contribution in [-0.2, 0) is 12.0 Å². The summed E-state index contributed by atoms with van der Waals surface area (Å²) in [5, 5.41) is 11.3. The van der Waals surface area contributed by atoms with Gasteiger partial charge in [0.15, 0.2) is 0 Å². The molecule has 6 heterocycles. The van der Waals surface area contributed by atoms with Gasteiger partial charge in [0, 0.05) is 73.2 Å². The van der Waals surface area contributed by atoms with E-state index in [1.165, 1.54) is 5.69 Å². The molecule has 8 heteroatoms. The number of amides is 2. The van der Waals surface area contributed by atoms with Gasteiger partial charge in [-0.2, -0.15) is 5.10 Å². The SMILES string of the molecule is CCNC(=O)N1CCC2(CCn3nc(C4=CNC5=NC=C(C#Cc6cnccc6C)C5C4)cc32)C1. The molecule has 0 bridgehead atoms. The minimum absolute atomic E-state index is 0.0110. The highest BCUT2D eigenvalue weighted by molar-refractivity contribution is 5.96. The van der Waals surface area contributed by atoms with Gasteiger partial charge in [0.25, 0.3) is 0 Å². The van der Waals surface area contributed by atoms with Crippen LogP contribution in [0.4, 0.5) is 4.79 Å². The first-order valence-electron chi connectivity index (χ1n) is 12.3. The van der Waals surface area contributed by atoms with Crippen molar-refractivity contribution in [3.63, 3.8) is 0 Å². The number of likely N-dealkylation sites (tertiary alicyclic amines) is 1. The van der Waals surface area contributed by atoms with Crippen LogP contribution in [-0.4, -0.2) is 51.2 Å². The maximum Gasteiger partial charge on any atom is 0.317 e. The molecule has 4 aliphatic heterocycles. The van der Waals surface area contributed by atoms with Gasteiger partial charge in [0.1, 0.15) is 5.84 Å². The number of aromatic nitrogens is 3. The highest BCUT2D eigenvalue weighted by atomic mass is 16.2. The summed E-state index contributed by atoms with van der Waals surface area (Å²) >= 11 is 0. The Morgan fingerprint density at radius 2 is 2.20 bits per heavy atom. The molecule has 2 aromatic rings. The maximum absolute atomic E-state index is 12.4. The molecule has 1 spiro atoms. The summed E-state index contributed by atoms with van der Waals surface area (Å²) in [6.07, 6.45) is 10.3. The molecule has 1 saturated heterocycles. The first kappa shape index (κ1) is 21.7. The number of aryl methyl sites for hydroxylation is 2. The maximum atomic E-state index is 12.4. The van der Waals surface area contributed by atoms with Crippen LogP contribution >= 0.6 is 0 Å². The van der Waals surface area contributed by atoms with Gasteiger partial charge in [-0.25, -0.2) is 9.79 Å². The third-order valence-electron chi connectivity index (χ3n) is 7.67. The largest absolute Gasteiger partial charge is 0.349 e. The molecule has 0 aromatic carbocycles. The van der Waals surface area contributed by atoms with Crippen LogP contribution < -0.4 is 10.6 Å². The van der Waals surface area contributed by atoms with Gasteiger partial charge in [0.2, 0.25) is 0 Å². The van der Waals surface area contributed by atoms with Gasteiger partial charge < -0.3 is 15.5 Å². The van der Waals surface area contributed by atoms with Crippen LogP contribution in [0.1, 0.15) is 48.7 Å². The van der Waals surface area contributed by atoms with Crippen molar-refractivity contribution in [3.8, 4) is 11.8 Å². The molecule has 2 aromatic heterocycles. The quantitative estimate of drug-likeness (QED) is 0.665. The highest BCUT2D eigenvalue weighted by Gasteiger charge is 2.47. The Morgan fingerprint density at radius 1 is 1.31 bits per heavy atom. The first-order chi connectivity index (χ1) is 17.1. The summed E-state index contributed by atoms with van der Waals surface area (Å²) in [5.41, 5.74) is 6.51. The van der Waals surface area contributed by atoms with E-state index in [4.69, 9.17) is 5.10 Å². The number of pyridine rings is 1. The number of fused-ring (bicyclic) bond motifs is 3. The summed E-state index contributed by atoms with van der Waals surface area (Å²) < 4.78 is 2.15. The molecule has 35 heavy (non-hydrogen) atoms. The first-order valence-corrected chi connectivity index (χ1v) is 12.3.